The van der Waals surface area contributed by atoms with Crippen molar-refractivity contribution in [1.29, 1.82) is 0 Å². The van der Waals surface area contributed by atoms with E-state index in [1.165, 1.54) is 24.3 Å². The lowest BCUT2D eigenvalue weighted by Gasteiger charge is -2.07. The van der Waals surface area contributed by atoms with Gasteiger partial charge in [0.05, 0.1) is 4.92 Å². The number of anilines is 1. The van der Waals surface area contributed by atoms with Gasteiger partial charge in [0.2, 0.25) is 11.8 Å². The average Bonchev–Trinajstić information content (AvgIpc) is 3.16. The van der Waals surface area contributed by atoms with Crippen LogP contribution in [0.4, 0.5) is 11.4 Å². The lowest BCUT2D eigenvalue weighted by atomic mass is 10.2. The lowest BCUT2D eigenvalue weighted by Crippen LogP contribution is -2.20. The Morgan fingerprint density at radius 1 is 1.14 bits per heavy atom. The highest BCUT2D eigenvalue weighted by Gasteiger charge is 2.10. The number of nitrogens with one attached hydrogen (secondary N) is 1. The van der Waals surface area contributed by atoms with Gasteiger partial charge < -0.3 is 14.5 Å². The van der Waals surface area contributed by atoms with Crippen LogP contribution >= 0.6 is 0 Å². The van der Waals surface area contributed by atoms with Crippen molar-refractivity contribution in [1.82, 2.24) is 10.2 Å². The van der Waals surface area contributed by atoms with Crippen LogP contribution in [0, 0.1) is 10.1 Å². The molecule has 1 aromatic heterocycles. The summed E-state index contributed by atoms with van der Waals surface area (Å²) in [6.07, 6.45) is 1.66. The molecular formula is C19H18N4O5. The Labute approximate surface area is 160 Å². The molecule has 0 aliphatic heterocycles. The number of benzene rings is 2. The second-order valence-corrected chi connectivity index (χ2v) is 5.92. The number of carbonyl (C=O) groups is 1. The highest BCUT2D eigenvalue weighted by molar-refractivity contribution is 5.91. The Hall–Kier alpha value is -3.75. The molecule has 144 valence electrons. The molecular weight excluding hydrogens is 364 g/mol. The quantitative estimate of drug-likeness (QED) is 0.466. The van der Waals surface area contributed by atoms with Crippen molar-refractivity contribution in [3.8, 4) is 17.2 Å². The molecule has 0 aliphatic carbocycles. The largest absolute Gasteiger partial charge is 0.484 e. The first-order chi connectivity index (χ1) is 13.5. The molecule has 9 nitrogen and oxygen atoms in total. The van der Waals surface area contributed by atoms with Gasteiger partial charge in [-0.15, -0.1) is 10.2 Å². The lowest BCUT2D eigenvalue weighted by molar-refractivity contribution is -0.384. The minimum atomic E-state index is -0.503. The molecule has 0 radical (unpaired) electrons. The standard InChI is InChI=1S/C19H18N4O5/c1-2-3-18-21-22-19(28-18)13-4-10-16(11-5-13)27-12-17(24)20-14-6-8-15(9-7-14)23(25)26/h4-11H,2-3,12H2,1H3,(H,20,24). The summed E-state index contributed by atoms with van der Waals surface area (Å²) >= 11 is 0. The monoisotopic (exact) mass is 382 g/mol. The number of carbonyl (C=O) groups excluding carboxylic acids is 1. The highest BCUT2D eigenvalue weighted by atomic mass is 16.6. The second kappa shape index (κ2) is 8.76. The van der Waals surface area contributed by atoms with Crippen molar-refractivity contribution in [2.24, 2.45) is 0 Å². The summed E-state index contributed by atoms with van der Waals surface area (Å²) in [5, 5.41) is 21.2. The number of ether oxygens (including phenoxy) is 1. The number of nitrogens with zero attached hydrogens (tertiary/aromatic N) is 3. The minimum Gasteiger partial charge on any atom is -0.484 e. The molecule has 2 aromatic carbocycles. The zero-order valence-electron chi connectivity index (χ0n) is 15.1. The van der Waals surface area contributed by atoms with Crippen LogP contribution in [0.2, 0.25) is 0 Å². The highest BCUT2D eigenvalue weighted by Crippen LogP contribution is 2.22. The molecule has 0 bridgehead atoms. The van der Waals surface area contributed by atoms with E-state index in [9.17, 15) is 14.9 Å². The summed E-state index contributed by atoms with van der Waals surface area (Å²) in [5.74, 6) is 1.17. The number of amides is 1. The van der Waals surface area contributed by atoms with Gasteiger partial charge in [-0.05, 0) is 42.8 Å². The third kappa shape index (κ3) is 4.91. The van der Waals surface area contributed by atoms with E-state index < -0.39 is 4.92 Å². The second-order valence-electron chi connectivity index (χ2n) is 5.92. The molecule has 9 heteroatoms. The predicted molar refractivity (Wildman–Crippen MR) is 101 cm³/mol. The van der Waals surface area contributed by atoms with Gasteiger partial charge in [0.25, 0.3) is 11.6 Å². The zero-order valence-corrected chi connectivity index (χ0v) is 15.1. The Kier molecular flexibility index (Phi) is 5.95. The summed E-state index contributed by atoms with van der Waals surface area (Å²) in [7, 11) is 0. The fourth-order valence-electron chi connectivity index (χ4n) is 2.39. The summed E-state index contributed by atoms with van der Waals surface area (Å²) in [6.45, 7) is 1.84. The smallest absolute Gasteiger partial charge is 0.269 e. The van der Waals surface area contributed by atoms with Gasteiger partial charge in [0.15, 0.2) is 6.61 Å². The average molecular weight is 382 g/mol. The van der Waals surface area contributed by atoms with E-state index >= 15 is 0 Å². The number of aryl methyl sites for hydroxylation is 1. The molecule has 3 aromatic rings. The number of non-ortho nitro benzene ring substituents is 1. The predicted octanol–water partition coefficient (Wildman–Crippen LogP) is 3.61. The van der Waals surface area contributed by atoms with Gasteiger partial charge in [0.1, 0.15) is 5.75 Å². The number of aromatic nitrogens is 2. The van der Waals surface area contributed by atoms with E-state index in [0.29, 0.717) is 23.2 Å². The van der Waals surface area contributed by atoms with Gasteiger partial charge in [-0.25, -0.2) is 0 Å². The number of nitro benzene ring substituents is 1. The van der Waals surface area contributed by atoms with Gasteiger partial charge in [-0.1, -0.05) is 6.92 Å². The number of hydrogen-bond acceptors (Lipinski definition) is 7. The first kappa shape index (κ1) is 19.0. The molecule has 3 rings (SSSR count). The van der Waals surface area contributed by atoms with E-state index in [4.69, 9.17) is 9.15 Å². The fourth-order valence-corrected chi connectivity index (χ4v) is 2.39. The van der Waals surface area contributed by atoms with E-state index in [1.54, 1.807) is 24.3 Å². The summed E-state index contributed by atoms with van der Waals surface area (Å²) < 4.78 is 11.0. The molecule has 0 saturated heterocycles. The Balaban J connectivity index is 1.52. The number of nitro groups is 1. The molecule has 1 amide bonds. The molecule has 1 N–H and O–H groups in total. The fraction of sp³-hybridized carbons (Fsp3) is 0.211. The SMILES string of the molecule is CCCc1nnc(-c2ccc(OCC(=O)Nc3ccc([N+](=O)[O-])cc3)cc2)o1. The third-order valence-corrected chi connectivity index (χ3v) is 3.76. The Bertz CT molecular complexity index is 951. The molecule has 0 atom stereocenters. The van der Waals surface area contributed by atoms with E-state index in [1.807, 2.05) is 6.92 Å². The van der Waals surface area contributed by atoms with Crippen molar-refractivity contribution in [3.05, 3.63) is 64.5 Å². The van der Waals surface area contributed by atoms with Gasteiger partial charge in [-0.3, -0.25) is 14.9 Å². The van der Waals surface area contributed by atoms with Crippen LogP contribution in [0.15, 0.2) is 52.9 Å². The van der Waals surface area contributed by atoms with E-state index in [0.717, 1.165) is 18.4 Å². The van der Waals surface area contributed by atoms with Gasteiger partial charge in [-0.2, -0.15) is 0 Å². The molecule has 0 unspecified atom stereocenters. The van der Waals surface area contributed by atoms with Crippen LogP contribution in [-0.2, 0) is 11.2 Å². The molecule has 0 saturated carbocycles. The molecule has 1 heterocycles. The topological polar surface area (TPSA) is 120 Å². The van der Waals surface area contributed by atoms with E-state index in [-0.39, 0.29) is 18.2 Å². The Morgan fingerprint density at radius 2 is 1.86 bits per heavy atom. The van der Waals surface area contributed by atoms with Gasteiger partial charge in [0, 0.05) is 29.8 Å². The summed E-state index contributed by atoms with van der Waals surface area (Å²) in [6, 6.07) is 12.5. The Morgan fingerprint density at radius 3 is 2.50 bits per heavy atom. The van der Waals surface area contributed by atoms with Gasteiger partial charge >= 0.3 is 0 Å². The molecule has 0 fully saturated rings. The van der Waals surface area contributed by atoms with Crippen molar-refractivity contribution in [2.45, 2.75) is 19.8 Å². The van der Waals surface area contributed by atoms with Crippen LogP contribution < -0.4 is 10.1 Å². The molecule has 0 aliphatic rings. The van der Waals surface area contributed by atoms with Crippen molar-refractivity contribution >= 4 is 17.3 Å². The number of hydrogen-bond donors (Lipinski definition) is 1. The summed E-state index contributed by atoms with van der Waals surface area (Å²) in [4.78, 5) is 22.1. The normalized spacial score (nSPS) is 10.5. The maximum Gasteiger partial charge on any atom is 0.269 e. The summed E-state index contributed by atoms with van der Waals surface area (Å²) in [5.41, 5.74) is 1.17. The van der Waals surface area contributed by atoms with Crippen LogP contribution in [0.5, 0.6) is 5.75 Å². The molecule has 28 heavy (non-hydrogen) atoms. The molecule has 0 spiro atoms. The first-order valence-electron chi connectivity index (χ1n) is 8.65. The van der Waals surface area contributed by atoms with Crippen LogP contribution in [0.25, 0.3) is 11.5 Å². The van der Waals surface area contributed by atoms with E-state index in [2.05, 4.69) is 15.5 Å². The zero-order chi connectivity index (χ0) is 19.9. The van der Waals surface area contributed by atoms with Crippen molar-refractivity contribution < 1.29 is 18.9 Å². The van der Waals surface area contributed by atoms with Crippen LogP contribution in [-0.4, -0.2) is 27.6 Å². The maximum absolute atomic E-state index is 12.0. The number of rotatable bonds is 8. The maximum atomic E-state index is 12.0. The van der Waals surface area contributed by atoms with Crippen LogP contribution in [0.1, 0.15) is 19.2 Å². The first-order valence-corrected chi connectivity index (χ1v) is 8.65. The third-order valence-electron chi connectivity index (χ3n) is 3.76. The van der Waals surface area contributed by atoms with Crippen molar-refractivity contribution in [2.75, 3.05) is 11.9 Å². The minimum absolute atomic E-state index is 0.0441. The van der Waals surface area contributed by atoms with Crippen molar-refractivity contribution in [3.63, 3.8) is 0 Å². The van der Waals surface area contributed by atoms with Crippen LogP contribution in [0.3, 0.4) is 0 Å².